The third kappa shape index (κ3) is 6.01. The SMILES string of the molecule is C#CCNS(=O)(=O)c1cccc(C(=O)Nc2cccc(C(=O)NCc3ccccn3)c2)c1. The molecule has 0 radical (unpaired) electrons. The van der Waals surface area contributed by atoms with E-state index in [1.54, 1.807) is 36.5 Å². The van der Waals surface area contributed by atoms with Gasteiger partial charge >= 0.3 is 0 Å². The van der Waals surface area contributed by atoms with Crippen molar-refractivity contribution in [1.29, 1.82) is 0 Å². The lowest BCUT2D eigenvalue weighted by Crippen LogP contribution is -2.24. The van der Waals surface area contributed by atoms with Gasteiger partial charge in [-0.05, 0) is 48.5 Å². The van der Waals surface area contributed by atoms with Crippen LogP contribution in [0.15, 0.2) is 77.8 Å². The van der Waals surface area contributed by atoms with Gasteiger partial charge in [0.1, 0.15) is 0 Å². The first kappa shape index (κ1) is 22.7. The van der Waals surface area contributed by atoms with Crippen LogP contribution < -0.4 is 15.4 Å². The van der Waals surface area contributed by atoms with Gasteiger partial charge in [0.25, 0.3) is 11.8 Å². The fourth-order valence-electron chi connectivity index (χ4n) is 2.74. The van der Waals surface area contributed by atoms with Crippen LogP contribution in [0.3, 0.4) is 0 Å². The molecule has 0 unspecified atom stereocenters. The number of benzene rings is 2. The Morgan fingerprint density at radius 3 is 2.41 bits per heavy atom. The van der Waals surface area contributed by atoms with Crippen LogP contribution in [-0.4, -0.2) is 31.8 Å². The lowest BCUT2D eigenvalue weighted by molar-refractivity contribution is 0.0949. The molecule has 0 aliphatic rings. The normalized spacial score (nSPS) is 10.7. The summed E-state index contributed by atoms with van der Waals surface area (Å²) in [6.45, 7) is 0.110. The van der Waals surface area contributed by atoms with Crippen molar-refractivity contribution in [2.24, 2.45) is 0 Å². The first-order chi connectivity index (χ1) is 15.4. The molecule has 0 saturated heterocycles. The molecule has 1 aromatic heterocycles. The summed E-state index contributed by atoms with van der Waals surface area (Å²) in [5.74, 6) is 1.35. The Bertz CT molecular complexity index is 1270. The fourth-order valence-corrected chi connectivity index (χ4v) is 3.72. The molecule has 32 heavy (non-hydrogen) atoms. The highest BCUT2D eigenvalue weighted by molar-refractivity contribution is 7.89. The second-order valence-corrected chi connectivity index (χ2v) is 8.36. The summed E-state index contributed by atoms with van der Waals surface area (Å²) in [7, 11) is -3.83. The third-order valence-electron chi connectivity index (χ3n) is 4.31. The Labute approximate surface area is 186 Å². The second kappa shape index (κ2) is 10.3. The zero-order valence-corrected chi connectivity index (χ0v) is 17.7. The van der Waals surface area contributed by atoms with E-state index in [0.29, 0.717) is 11.3 Å². The van der Waals surface area contributed by atoms with Gasteiger partial charge in [0.2, 0.25) is 10.0 Å². The summed E-state index contributed by atoms with van der Waals surface area (Å²) in [4.78, 5) is 29.1. The summed E-state index contributed by atoms with van der Waals surface area (Å²) in [6.07, 6.45) is 6.73. The molecule has 162 valence electrons. The molecule has 1 heterocycles. The monoisotopic (exact) mass is 448 g/mol. The number of aromatic nitrogens is 1. The van der Waals surface area contributed by atoms with E-state index in [9.17, 15) is 18.0 Å². The van der Waals surface area contributed by atoms with E-state index >= 15 is 0 Å². The maximum atomic E-state index is 12.6. The molecule has 0 saturated carbocycles. The molecule has 9 heteroatoms. The Kier molecular flexibility index (Phi) is 7.33. The predicted octanol–water partition coefficient (Wildman–Crippen LogP) is 2.18. The quantitative estimate of drug-likeness (QED) is 0.457. The summed E-state index contributed by atoms with van der Waals surface area (Å²) in [5, 5.41) is 5.44. The highest BCUT2D eigenvalue weighted by Gasteiger charge is 2.16. The number of carbonyl (C=O) groups is 2. The average Bonchev–Trinajstić information content (AvgIpc) is 2.82. The number of hydrogen-bond donors (Lipinski definition) is 3. The predicted molar refractivity (Wildman–Crippen MR) is 120 cm³/mol. The van der Waals surface area contributed by atoms with E-state index in [1.807, 2.05) is 6.07 Å². The lowest BCUT2D eigenvalue weighted by Gasteiger charge is -2.10. The minimum absolute atomic E-state index is 0.0805. The van der Waals surface area contributed by atoms with Gasteiger partial charge in [-0.3, -0.25) is 14.6 Å². The van der Waals surface area contributed by atoms with E-state index in [0.717, 1.165) is 5.69 Å². The van der Waals surface area contributed by atoms with Gasteiger partial charge in [-0.1, -0.05) is 24.1 Å². The molecule has 2 amide bonds. The minimum Gasteiger partial charge on any atom is -0.346 e. The van der Waals surface area contributed by atoms with Crippen LogP contribution in [0.25, 0.3) is 0 Å². The first-order valence-corrected chi connectivity index (χ1v) is 11.0. The maximum absolute atomic E-state index is 12.6. The fraction of sp³-hybridized carbons (Fsp3) is 0.0870. The maximum Gasteiger partial charge on any atom is 0.255 e. The number of amides is 2. The van der Waals surface area contributed by atoms with Gasteiger partial charge in [-0.15, -0.1) is 6.42 Å². The Morgan fingerprint density at radius 1 is 0.938 bits per heavy atom. The van der Waals surface area contributed by atoms with Gasteiger partial charge < -0.3 is 10.6 Å². The Morgan fingerprint density at radius 2 is 1.69 bits per heavy atom. The van der Waals surface area contributed by atoms with Crippen LogP contribution in [0, 0.1) is 12.3 Å². The highest BCUT2D eigenvalue weighted by atomic mass is 32.2. The van der Waals surface area contributed by atoms with Crippen molar-refractivity contribution in [3.8, 4) is 12.3 Å². The number of sulfonamides is 1. The molecule has 0 aliphatic carbocycles. The first-order valence-electron chi connectivity index (χ1n) is 9.52. The van der Waals surface area contributed by atoms with Crippen molar-refractivity contribution in [1.82, 2.24) is 15.0 Å². The zero-order valence-electron chi connectivity index (χ0n) is 16.9. The van der Waals surface area contributed by atoms with E-state index < -0.39 is 15.9 Å². The molecule has 8 nitrogen and oxygen atoms in total. The van der Waals surface area contributed by atoms with Crippen LogP contribution in [-0.2, 0) is 16.6 Å². The van der Waals surface area contributed by atoms with Gasteiger partial charge in [-0.2, -0.15) is 4.72 Å². The standard InChI is InChI=1S/C23H20N4O4S/c1-2-12-26-32(30,31)21-11-6-8-18(15-21)23(29)27-19-10-5-7-17(14-19)22(28)25-16-20-9-3-4-13-24-20/h1,3-11,13-15,26H,12,16H2,(H,25,28)(H,27,29). The molecule has 0 fully saturated rings. The van der Waals surface area contributed by atoms with Crippen LogP contribution in [0.1, 0.15) is 26.4 Å². The number of anilines is 1. The number of pyridine rings is 1. The minimum atomic E-state index is -3.83. The number of carbonyl (C=O) groups excluding carboxylic acids is 2. The average molecular weight is 449 g/mol. The Balaban J connectivity index is 1.69. The van der Waals surface area contributed by atoms with Crippen LogP contribution in [0.2, 0.25) is 0 Å². The van der Waals surface area contributed by atoms with Crippen molar-refractivity contribution >= 4 is 27.5 Å². The topological polar surface area (TPSA) is 117 Å². The van der Waals surface area contributed by atoms with E-state index in [4.69, 9.17) is 6.42 Å². The molecule has 0 aliphatic heterocycles. The van der Waals surface area contributed by atoms with E-state index in [2.05, 4.69) is 26.3 Å². The van der Waals surface area contributed by atoms with Crippen molar-refractivity contribution in [3.63, 3.8) is 0 Å². The van der Waals surface area contributed by atoms with Gasteiger partial charge in [0.05, 0.1) is 23.7 Å². The van der Waals surface area contributed by atoms with Crippen molar-refractivity contribution in [2.75, 3.05) is 11.9 Å². The van der Waals surface area contributed by atoms with Crippen LogP contribution >= 0.6 is 0 Å². The zero-order chi connectivity index (χ0) is 23.0. The summed E-state index contributed by atoms with van der Waals surface area (Å²) in [6, 6.07) is 17.4. The van der Waals surface area contributed by atoms with Crippen molar-refractivity contribution in [3.05, 3.63) is 89.7 Å². The van der Waals surface area contributed by atoms with Gasteiger partial charge in [-0.25, -0.2) is 8.42 Å². The van der Waals surface area contributed by atoms with Gasteiger partial charge in [0, 0.05) is 23.0 Å². The molecule has 0 bridgehead atoms. The summed E-state index contributed by atoms with van der Waals surface area (Å²) < 4.78 is 26.7. The third-order valence-corrected chi connectivity index (χ3v) is 5.71. The number of nitrogens with zero attached hydrogens (tertiary/aromatic N) is 1. The van der Waals surface area contributed by atoms with Crippen LogP contribution in [0.5, 0.6) is 0 Å². The molecule has 0 spiro atoms. The number of hydrogen-bond acceptors (Lipinski definition) is 5. The largest absolute Gasteiger partial charge is 0.346 e. The molecule has 0 atom stereocenters. The van der Waals surface area contributed by atoms with Crippen molar-refractivity contribution < 1.29 is 18.0 Å². The van der Waals surface area contributed by atoms with Gasteiger partial charge in [0.15, 0.2) is 0 Å². The number of rotatable bonds is 8. The molecule has 3 aromatic rings. The summed E-state index contributed by atoms with van der Waals surface area (Å²) >= 11 is 0. The van der Waals surface area contributed by atoms with Crippen molar-refractivity contribution in [2.45, 2.75) is 11.4 Å². The van der Waals surface area contributed by atoms with Crippen LogP contribution in [0.4, 0.5) is 5.69 Å². The Hall–Kier alpha value is -4.00. The molecule has 3 N–H and O–H groups in total. The number of nitrogens with one attached hydrogen (secondary N) is 3. The summed E-state index contributed by atoms with van der Waals surface area (Å²) in [5.41, 5.74) is 1.60. The molecule has 3 rings (SSSR count). The number of terminal acetylenes is 1. The molecule has 2 aromatic carbocycles. The van der Waals surface area contributed by atoms with E-state index in [1.165, 1.54) is 30.3 Å². The smallest absolute Gasteiger partial charge is 0.255 e. The highest BCUT2D eigenvalue weighted by Crippen LogP contribution is 2.15. The lowest BCUT2D eigenvalue weighted by atomic mass is 10.1. The molecular formula is C23H20N4O4S. The second-order valence-electron chi connectivity index (χ2n) is 6.60. The van der Waals surface area contributed by atoms with E-state index in [-0.39, 0.29) is 29.5 Å². The molecular weight excluding hydrogens is 428 g/mol.